The molecule has 0 saturated carbocycles. The van der Waals surface area contributed by atoms with Crippen molar-refractivity contribution in [2.45, 2.75) is 0 Å². The van der Waals surface area contributed by atoms with Crippen molar-refractivity contribution in [1.82, 2.24) is 0 Å². The van der Waals surface area contributed by atoms with Crippen LogP contribution in [-0.2, 0) is 0 Å². The second-order valence-electron chi connectivity index (χ2n) is 5.00. The lowest BCUT2D eigenvalue weighted by Gasteiger charge is -2.25. The summed E-state index contributed by atoms with van der Waals surface area (Å²) in [6.07, 6.45) is 0.855. The molecule has 0 unspecified atom stereocenters. The molecular weight excluding hydrogens is 418 g/mol. The summed E-state index contributed by atoms with van der Waals surface area (Å²) in [7, 11) is 0. The van der Waals surface area contributed by atoms with E-state index in [-0.39, 0.29) is 0 Å². The minimum absolute atomic E-state index is 0.667. The van der Waals surface area contributed by atoms with Gasteiger partial charge in [-0.15, -0.1) is 0 Å². The van der Waals surface area contributed by atoms with E-state index in [1.165, 1.54) is 0 Å². The van der Waals surface area contributed by atoms with Gasteiger partial charge in [0.2, 0.25) is 0 Å². The highest BCUT2D eigenvalue weighted by atomic mass is 79.9. The zero-order valence-corrected chi connectivity index (χ0v) is 15.3. The maximum Gasteiger partial charge on any atom is 0.150 e. The van der Waals surface area contributed by atoms with Gasteiger partial charge in [-0.05, 0) is 72.8 Å². The minimum atomic E-state index is 0.667. The monoisotopic (exact) mass is 429 g/mol. The van der Waals surface area contributed by atoms with Crippen LogP contribution in [0.4, 0.5) is 17.1 Å². The fraction of sp³-hybridized carbons (Fsp3) is 0. The van der Waals surface area contributed by atoms with Gasteiger partial charge in [0.25, 0.3) is 0 Å². The van der Waals surface area contributed by atoms with Gasteiger partial charge in [0.1, 0.15) is 6.29 Å². The summed E-state index contributed by atoms with van der Waals surface area (Å²) in [6, 6.07) is 23.8. The molecule has 2 nitrogen and oxygen atoms in total. The number of benzene rings is 3. The molecule has 0 radical (unpaired) electrons. The normalized spacial score (nSPS) is 10.3. The summed E-state index contributed by atoms with van der Waals surface area (Å²) in [5, 5.41) is 0. The fourth-order valence-corrected chi connectivity index (χ4v) is 2.86. The Labute approximate surface area is 152 Å². The van der Waals surface area contributed by atoms with E-state index in [4.69, 9.17) is 0 Å². The topological polar surface area (TPSA) is 20.3 Å². The SMILES string of the molecule is O=Cc1ccc(N(c2ccc(Br)cc2)c2ccc(Br)cc2)cc1. The summed E-state index contributed by atoms with van der Waals surface area (Å²) >= 11 is 6.94. The number of hydrogen-bond donors (Lipinski definition) is 0. The van der Waals surface area contributed by atoms with Crippen LogP contribution < -0.4 is 4.90 Å². The largest absolute Gasteiger partial charge is 0.311 e. The van der Waals surface area contributed by atoms with Crippen molar-refractivity contribution in [3.63, 3.8) is 0 Å². The predicted molar refractivity (Wildman–Crippen MR) is 102 cm³/mol. The molecule has 4 heteroatoms. The Hall–Kier alpha value is -1.91. The van der Waals surface area contributed by atoms with Gasteiger partial charge in [-0.3, -0.25) is 4.79 Å². The lowest BCUT2D eigenvalue weighted by Crippen LogP contribution is -2.09. The molecule has 0 aliphatic heterocycles. The van der Waals surface area contributed by atoms with Gasteiger partial charge in [0.05, 0.1) is 0 Å². The quantitative estimate of drug-likeness (QED) is 0.440. The third-order valence-electron chi connectivity index (χ3n) is 3.46. The Balaban J connectivity index is 2.10. The maximum atomic E-state index is 10.9. The first kappa shape index (κ1) is 16.0. The number of anilines is 3. The molecule has 0 spiro atoms. The molecule has 0 heterocycles. The average molecular weight is 431 g/mol. The molecule has 0 aliphatic carbocycles. The summed E-state index contributed by atoms with van der Waals surface area (Å²) in [4.78, 5) is 13.0. The first-order valence-electron chi connectivity index (χ1n) is 7.04. The molecule has 0 saturated heterocycles. The summed E-state index contributed by atoms with van der Waals surface area (Å²) < 4.78 is 2.07. The Morgan fingerprint density at radius 2 is 0.957 bits per heavy atom. The van der Waals surface area contributed by atoms with E-state index in [0.29, 0.717) is 5.56 Å². The van der Waals surface area contributed by atoms with Gasteiger partial charge in [-0.1, -0.05) is 31.9 Å². The van der Waals surface area contributed by atoms with Crippen molar-refractivity contribution in [1.29, 1.82) is 0 Å². The van der Waals surface area contributed by atoms with E-state index >= 15 is 0 Å². The Kier molecular flexibility index (Phi) is 4.94. The second-order valence-corrected chi connectivity index (χ2v) is 6.83. The molecule has 0 atom stereocenters. The maximum absolute atomic E-state index is 10.9. The predicted octanol–water partition coefficient (Wildman–Crippen LogP) is 6.49. The van der Waals surface area contributed by atoms with E-state index in [2.05, 4.69) is 61.0 Å². The Morgan fingerprint density at radius 1 is 0.609 bits per heavy atom. The van der Waals surface area contributed by atoms with Gasteiger partial charge in [-0.2, -0.15) is 0 Å². The number of carbonyl (C=O) groups is 1. The molecule has 0 aliphatic rings. The van der Waals surface area contributed by atoms with Crippen molar-refractivity contribution in [3.8, 4) is 0 Å². The minimum Gasteiger partial charge on any atom is -0.311 e. The number of halogens is 2. The van der Waals surface area contributed by atoms with Gasteiger partial charge >= 0.3 is 0 Å². The number of aldehydes is 1. The van der Waals surface area contributed by atoms with Crippen LogP contribution in [0.3, 0.4) is 0 Å². The van der Waals surface area contributed by atoms with Crippen molar-refractivity contribution < 1.29 is 4.79 Å². The molecule has 3 rings (SSSR count). The molecule has 0 amide bonds. The standard InChI is InChI=1S/C19H13Br2NO/c20-15-3-9-18(10-4-15)22(19-11-5-16(21)6-12-19)17-7-1-14(13-23)2-8-17/h1-13H. The fourth-order valence-electron chi connectivity index (χ4n) is 2.33. The highest BCUT2D eigenvalue weighted by molar-refractivity contribution is 9.10. The summed E-state index contributed by atoms with van der Waals surface area (Å²) in [5.41, 5.74) is 3.77. The molecule has 23 heavy (non-hydrogen) atoms. The molecule has 0 bridgehead atoms. The summed E-state index contributed by atoms with van der Waals surface area (Å²) in [5.74, 6) is 0. The van der Waals surface area contributed by atoms with Crippen LogP contribution in [0.15, 0.2) is 81.7 Å². The van der Waals surface area contributed by atoms with E-state index in [1.54, 1.807) is 0 Å². The van der Waals surface area contributed by atoms with Crippen molar-refractivity contribution in [2.24, 2.45) is 0 Å². The van der Waals surface area contributed by atoms with Gasteiger partial charge in [-0.25, -0.2) is 0 Å². The van der Waals surface area contributed by atoms with E-state index in [9.17, 15) is 4.79 Å². The zero-order chi connectivity index (χ0) is 16.2. The number of carbonyl (C=O) groups excluding carboxylic acids is 1. The average Bonchev–Trinajstić information content (AvgIpc) is 2.59. The van der Waals surface area contributed by atoms with Crippen molar-refractivity contribution in [3.05, 3.63) is 87.3 Å². The van der Waals surface area contributed by atoms with Crippen LogP contribution in [0, 0.1) is 0 Å². The summed E-state index contributed by atoms with van der Waals surface area (Å²) in [6.45, 7) is 0. The lowest BCUT2D eigenvalue weighted by atomic mass is 10.1. The smallest absolute Gasteiger partial charge is 0.150 e. The Bertz CT molecular complexity index is 751. The van der Waals surface area contributed by atoms with Gasteiger partial charge < -0.3 is 4.90 Å². The molecular formula is C19H13Br2NO. The first-order chi connectivity index (χ1) is 11.2. The second kappa shape index (κ2) is 7.11. The van der Waals surface area contributed by atoms with Gasteiger partial charge in [0, 0.05) is 31.6 Å². The van der Waals surface area contributed by atoms with E-state index < -0.39 is 0 Å². The number of rotatable bonds is 4. The van der Waals surface area contributed by atoms with Gasteiger partial charge in [0.15, 0.2) is 0 Å². The Morgan fingerprint density at radius 3 is 1.30 bits per heavy atom. The molecule has 0 aromatic heterocycles. The van der Waals surface area contributed by atoms with Crippen LogP contribution in [0.5, 0.6) is 0 Å². The molecule has 3 aromatic carbocycles. The van der Waals surface area contributed by atoms with E-state index in [0.717, 1.165) is 32.3 Å². The third kappa shape index (κ3) is 3.71. The molecule has 0 fully saturated rings. The highest BCUT2D eigenvalue weighted by Crippen LogP contribution is 2.35. The lowest BCUT2D eigenvalue weighted by molar-refractivity contribution is 0.112. The zero-order valence-electron chi connectivity index (χ0n) is 12.1. The highest BCUT2D eigenvalue weighted by Gasteiger charge is 2.12. The van der Waals surface area contributed by atoms with E-state index in [1.807, 2.05) is 48.5 Å². The first-order valence-corrected chi connectivity index (χ1v) is 8.62. The van der Waals surface area contributed by atoms with Crippen LogP contribution in [0.2, 0.25) is 0 Å². The molecule has 0 N–H and O–H groups in total. The van der Waals surface area contributed by atoms with Crippen LogP contribution in [0.25, 0.3) is 0 Å². The molecule has 3 aromatic rings. The van der Waals surface area contributed by atoms with Crippen molar-refractivity contribution >= 4 is 55.2 Å². The number of nitrogens with zero attached hydrogens (tertiary/aromatic N) is 1. The third-order valence-corrected chi connectivity index (χ3v) is 4.51. The van der Waals surface area contributed by atoms with Crippen LogP contribution in [-0.4, -0.2) is 6.29 Å². The van der Waals surface area contributed by atoms with Crippen molar-refractivity contribution in [2.75, 3.05) is 4.90 Å². The van der Waals surface area contributed by atoms with Crippen LogP contribution in [0.1, 0.15) is 10.4 Å². The number of hydrogen-bond acceptors (Lipinski definition) is 2. The van der Waals surface area contributed by atoms with Crippen LogP contribution >= 0.6 is 31.9 Å². The molecule has 114 valence electrons.